The molecule has 0 aromatic carbocycles. The predicted molar refractivity (Wildman–Crippen MR) is 63.2 cm³/mol. The van der Waals surface area contributed by atoms with Gasteiger partial charge in [-0.15, -0.1) is 0 Å². The van der Waals surface area contributed by atoms with Crippen LogP contribution in [0.4, 0.5) is 0 Å². The number of ether oxygens (including phenoxy) is 2. The van der Waals surface area contributed by atoms with E-state index in [0.29, 0.717) is 32.0 Å². The van der Waals surface area contributed by atoms with E-state index >= 15 is 0 Å². The van der Waals surface area contributed by atoms with Gasteiger partial charge in [0.2, 0.25) is 0 Å². The summed E-state index contributed by atoms with van der Waals surface area (Å²) in [6, 6.07) is 0. The van der Waals surface area contributed by atoms with Crippen LogP contribution >= 0.6 is 0 Å². The summed E-state index contributed by atoms with van der Waals surface area (Å²) in [4.78, 5) is 11.8. The Morgan fingerprint density at radius 3 is 2.56 bits per heavy atom. The molecule has 94 valence electrons. The Bertz CT molecular complexity index is 197. The van der Waals surface area contributed by atoms with Gasteiger partial charge in [-0.25, -0.2) is 0 Å². The van der Waals surface area contributed by atoms with E-state index in [1.54, 1.807) is 0 Å². The average Bonchev–Trinajstić information content (AvgIpc) is 2.76. The first kappa shape index (κ1) is 13.7. The van der Waals surface area contributed by atoms with E-state index in [9.17, 15) is 4.79 Å². The number of hydrogen-bond acceptors (Lipinski definition) is 3. The fraction of sp³-hybridized carbons (Fsp3) is 0.923. The van der Waals surface area contributed by atoms with Crippen molar-refractivity contribution in [1.29, 1.82) is 0 Å². The number of unbranched alkanes of at least 4 members (excludes halogenated alkanes) is 1. The molecule has 0 aromatic rings. The Morgan fingerprint density at radius 2 is 2.00 bits per heavy atom. The molecule has 16 heavy (non-hydrogen) atoms. The van der Waals surface area contributed by atoms with Gasteiger partial charge in [-0.2, -0.15) is 0 Å². The summed E-state index contributed by atoms with van der Waals surface area (Å²) in [6.07, 6.45) is 5.56. The first-order chi connectivity index (χ1) is 7.76. The number of carbonyl (C=O) groups is 1. The quantitative estimate of drug-likeness (QED) is 0.640. The number of rotatable bonds is 8. The van der Waals surface area contributed by atoms with Crippen LogP contribution in [0.2, 0.25) is 0 Å². The standard InChI is InChI=1S/C13H24O3/c1-3-5-6-11(4-2)9-12(14)10-13-15-7-8-16-13/h11,13H,3-10H2,1-2H3. The van der Waals surface area contributed by atoms with Crippen molar-refractivity contribution >= 4 is 5.78 Å². The van der Waals surface area contributed by atoms with Crippen LogP contribution in [-0.2, 0) is 14.3 Å². The van der Waals surface area contributed by atoms with Crippen LogP contribution in [0.25, 0.3) is 0 Å². The maximum absolute atomic E-state index is 11.8. The molecule has 1 heterocycles. The minimum Gasteiger partial charge on any atom is -0.350 e. The van der Waals surface area contributed by atoms with Crippen LogP contribution in [0.3, 0.4) is 0 Å². The van der Waals surface area contributed by atoms with E-state index in [0.717, 1.165) is 6.42 Å². The normalized spacial score (nSPS) is 18.9. The number of carbonyl (C=O) groups excluding carboxylic acids is 1. The van der Waals surface area contributed by atoms with E-state index in [1.807, 2.05) is 0 Å². The largest absolute Gasteiger partial charge is 0.350 e. The second-order valence-corrected chi connectivity index (χ2v) is 4.53. The monoisotopic (exact) mass is 228 g/mol. The Labute approximate surface area is 98.5 Å². The summed E-state index contributed by atoms with van der Waals surface area (Å²) in [7, 11) is 0. The van der Waals surface area contributed by atoms with E-state index in [2.05, 4.69) is 13.8 Å². The summed E-state index contributed by atoms with van der Waals surface area (Å²) in [5.41, 5.74) is 0. The third kappa shape index (κ3) is 5.08. The molecule has 1 unspecified atom stereocenters. The summed E-state index contributed by atoms with van der Waals surface area (Å²) in [5.74, 6) is 0.837. The third-order valence-electron chi connectivity index (χ3n) is 3.14. The van der Waals surface area contributed by atoms with Crippen LogP contribution in [-0.4, -0.2) is 25.3 Å². The van der Waals surface area contributed by atoms with Crippen molar-refractivity contribution in [3.63, 3.8) is 0 Å². The zero-order valence-electron chi connectivity index (χ0n) is 10.5. The first-order valence-electron chi connectivity index (χ1n) is 6.51. The van der Waals surface area contributed by atoms with Gasteiger partial charge in [0, 0.05) is 6.42 Å². The van der Waals surface area contributed by atoms with Gasteiger partial charge in [0.1, 0.15) is 5.78 Å². The second-order valence-electron chi connectivity index (χ2n) is 4.53. The summed E-state index contributed by atoms with van der Waals surface area (Å²) in [6.45, 7) is 5.61. The lowest BCUT2D eigenvalue weighted by Crippen LogP contribution is -2.17. The Hall–Kier alpha value is -0.410. The molecule has 1 atom stereocenters. The molecule has 0 radical (unpaired) electrons. The Morgan fingerprint density at radius 1 is 1.31 bits per heavy atom. The number of hydrogen-bond donors (Lipinski definition) is 0. The van der Waals surface area contributed by atoms with Crippen LogP contribution in [0, 0.1) is 5.92 Å². The van der Waals surface area contributed by atoms with Crippen molar-refractivity contribution in [3.8, 4) is 0 Å². The van der Waals surface area contributed by atoms with Gasteiger partial charge in [-0.3, -0.25) is 4.79 Å². The minimum atomic E-state index is -0.267. The van der Waals surface area contributed by atoms with Crippen molar-refractivity contribution in [2.75, 3.05) is 13.2 Å². The SMILES string of the molecule is CCCCC(CC)CC(=O)CC1OCCO1. The van der Waals surface area contributed by atoms with Gasteiger partial charge in [-0.05, 0) is 5.92 Å². The lowest BCUT2D eigenvalue weighted by molar-refractivity contribution is -0.128. The Balaban J connectivity index is 2.19. The maximum atomic E-state index is 11.8. The Kier molecular flexibility index (Phi) is 6.65. The number of ketones is 1. The van der Waals surface area contributed by atoms with Crippen LogP contribution in [0.1, 0.15) is 52.4 Å². The molecule has 0 aromatic heterocycles. The molecule has 1 saturated heterocycles. The molecular weight excluding hydrogens is 204 g/mol. The first-order valence-corrected chi connectivity index (χ1v) is 6.51. The summed E-state index contributed by atoms with van der Waals surface area (Å²) < 4.78 is 10.6. The molecule has 0 N–H and O–H groups in total. The highest BCUT2D eigenvalue weighted by molar-refractivity contribution is 5.78. The molecular formula is C13H24O3. The second kappa shape index (κ2) is 7.80. The topological polar surface area (TPSA) is 35.5 Å². The average molecular weight is 228 g/mol. The maximum Gasteiger partial charge on any atom is 0.164 e. The van der Waals surface area contributed by atoms with Crippen LogP contribution < -0.4 is 0 Å². The fourth-order valence-corrected chi connectivity index (χ4v) is 2.06. The molecule has 0 bridgehead atoms. The van der Waals surface area contributed by atoms with Crippen LogP contribution in [0.5, 0.6) is 0 Å². The molecule has 1 aliphatic rings. The summed E-state index contributed by atoms with van der Waals surface area (Å²) >= 11 is 0. The molecule has 3 heteroatoms. The predicted octanol–water partition coefficient (Wildman–Crippen LogP) is 2.93. The number of Topliss-reactive ketones (excluding diaryl/α,β-unsaturated/α-hetero) is 1. The highest BCUT2D eigenvalue weighted by Gasteiger charge is 2.21. The van der Waals surface area contributed by atoms with Crippen LogP contribution in [0.15, 0.2) is 0 Å². The fourth-order valence-electron chi connectivity index (χ4n) is 2.06. The van der Waals surface area contributed by atoms with E-state index in [4.69, 9.17) is 9.47 Å². The zero-order valence-corrected chi connectivity index (χ0v) is 10.5. The van der Waals surface area contributed by atoms with Gasteiger partial charge < -0.3 is 9.47 Å². The molecule has 1 rings (SSSR count). The molecule has 0 aliphatic carbocycles. The molecule has 0 saturated carbocycles. The van der Waals surface area contributed by atoms with Crippen molar-refractivity contribution < 1.29 is 14.3 Å². The van der Waals surface area contributed by atoms with Gasteiger partial charge in [-0.1, -0.05) is 39.5 Å². The lowest BCUT2D eigenvalue weighted by atomic mass is 9.93. The van der Waals surface area contributed by atoms with Crippen molar-refractivity contribution in [2.45, 2.75) is 58.7 Å². The van der Waals surface area contributed by atoms with Gasteiger partial charge in [0.05, 0.1) is 19.6 Å². The van der Waals surface area contributed by atoms with Gasteiger partial charge in [0.15, 0.2) is 6.29 Å². The highest BCUT2D eigenvalue weighted by atomic mass is 16.7. The molecule has 1 aliphatic heterocycles. The zero-order chi connectivity index (χ0) is 11.8. The summed E-state index contributed by atoms with van der Waals surface area (Å²) in [5, 5.41) is 0. The smallest absolute Gasteiger partial charge is 0.164 e. The van der Waals surface area contributed by atoms with Gasteiger partial charge in [0.25, 0.3) is 0 Å². The molecule has 3 nitrogen and oxygen atoms in total. The van der Waals surface area contributed by atoms with Crippen molar-refractivity contribution in [2.24, 2.45) is 5.92 Å². The van der Waals surface area contributed by atoms with Crippen molar-refractivity contribution in [1.82, 2.24) is 0 Å². The van der Waals surface area contributed by atoms with Gasteiger partial charge >= 0.3 is 0 Å². The lowest BCUT2D eigenvalue weighted by Gasteiger charge is -2.14. The van der Waals surface area contributed by atoms with Crippen molar-refractivity contribution in [3.05, 3.63) is 0 Å². The minimum absolute atomic E-state index is 0.267. The molecule has 0 spiro atoms. The third-order valence-corrected chi connectivity index (χ3v) is 3.14. The van der Waals surface area contributed by atoms with E-state index in [1.165, 1.54) is 19.3 Å². The van der Waals surface area contributed by atoms with E-state index < -0.39 is 0 Å². The molecule has 0 amide bonds. The highest BCUT2D eigenvalue weighted by Crippen LogP contribution is 2.19. The van der Waals surface area contributed by atoms with E-state index in [-0.39, 0.29) is 12.1 Å². The molecule has 1 fully saturated rings.